The van der Waals surface area contributed by atoms with Crippen molar-refractivity contribution in [1.29, 1.82) is 0 Å². The minimum Gasteiger partial charge on any atom is -0.0732 e. The van der Waals surface area contributed by atoms with Crippen LogP contribution in [0.4, 0.5) is 0 Å². The van der Waals surface area contributed by atoms with Gasteiger partial charge < -0.3 is 0 Å². The van der Waals surface area contributed by atoms with Crippen molar-refractivity contribution in [2.24, 2.45) is 5.92 Å². The molecule has 0 bridgehead atoms. The van der Waals surface area contributed by atoms with E-state index in [1.807, 2.05) is 0 Å². The average Bonchev–Trinajstić information content (AvgIpc) is 3.73. The Balaban J connectivity index is 1.13. The van der Waals surface area contributed by atoms with Crippen LogP contribution in [0, 0.1) is 5.92 Å². The van der Waals surface area contributed by atoms with Gasteiger partial charge in [0.2, 0.25) is 0 Å². The molecule has 1 atom stereocenters. The van der Waals surface area contributed by atoms with E-state index in [0.717, 1.165) is 0 Å². The summed E-state index contributed by atoms with van der Waals surface area (Å²) in [6.45, 7) is 4.81. The Morgan fingerprint density at radius 2 is 0.962 bits per heavy atom. The van der Waals surface area contributed by atoms with E-state index in [1.165, 1.54) is 104 Å². The van der Waals surface area contributed by atoms with E-state index in [0.29, 0.717) is 5.92 Å². The standard InChI is InChI=1S/C52H36/c1-52(2)47-28-27-36(31-46(47)50-40-17-7-5-15-38(40)39-16-6-12-22-45(39)51(50)52)49-43-20-10-8-18-41(43)48(42-19-9-11-21-44(42)49)33-25-23-32(24-26-33)37-29-34-13-3-4-14-35(34)30-37/h3-31,34H,1-2H3. The maximum Gasteiger partial charge on any atom is 0.0211 e. The monoisotopic (exact) mass is 660 g/mol. The van der Waals surface area contributed by atoms with E-state index in [9.17, 15) is 0 Å². The quantitative estimate of drug-likeness (QED) is 0.131. The van der Waals surface area contributed by atoms with Crippen LogP contribution in [0.25, 0.3) is 82.0 Å². The van der Waals surface area contributed by atoms with Gasteiger partial charge in [0.25, 0.3) is 0 Å². The molecule has 0 spiro atoms. The van der Waals surface area contributed by atoms with Crippen molar-refractivity contribution >= 4 is 48.7 Å². The molecule has 0 N–H and O–H groups in total. The van der Waals surface area contributed by atoms with Crippen LogP contribution < -0.4 is 0 Å². The molecule has 0 saturated heterocycles. The zero-order valence-electron chi connectivity index (χ0n) is 29.3. The van der Waals surface area contributed by atoms with E-state index in [1.54, 1.807) is 0 Å². The molecule has 0 saturated carbocycles. The first kappa shape index (κ1) is 29.5. The molecule has 8 aromatic rings. The van der Waals surface area contributed by atoms with Crippen molar-refractivity contribution < 1.29 is 0 Å². The van der Waals surface area contributed by atoms with Crippen LogP contribution in [0.1, 0.15) is 30.5 Å². The molecular formula is C52H36. The number of benzene rings is 8. The Hall–Kier alpha value is -6.24. The van der Waals surface area contributed by atoms with Gasteiger partial charge >= 0.3 is 0 Å². The molecule has 11 rings (SSSR count). The van der Waals surface area contributed by atoms with Crippen molar-refractivity contribution in [3.63, 3.8) is 0 Å². The van der Waals surface area contributed by atoms with Gasteiger partial charge in [0.1, 0.15) is 0 Å². The SMILES string of the molecule is CC1(C)c2ccc(-c3c4ccccc4c(-c4ccc(C5=CC6C=CC=CC6=C5)cc4)c4ccccc34)cc2-c2c1c1ccccc1c1ccccc21. The lowest BCUT2D eigenvalue weighted by Crippen LogP contribution is -2.15. The van der Waals surface area contributed by atoms with Gasteiger partial charge in [0.05, 0.1) is 0 Å². The van der Waals surface area contributed by atoms with Crippen LogP contribution in [-0.4, -0.2) is 0 Å². The van der Waals surface area contributed by atoms with Crippen molar-refractivity contribution in [2.75, 3.05) is 0 Å². The van der Waals surface area contributed by atoms with E-state index in [4.69, 9.17) is 0 Å². The molecule has 244 valence electrons. The Labute approximate surface area is 304 Å². The molecule has 0 radical (unpaired) electrons. The summed E-state index contributed by atoms with van der Waals surface area (Å²) in [7, 11) is 0. The largest absolute Gasteiger partial charge is 0.0732 e. The van der Waals surface area contributed by atoms with Crippen LogP contribution in [0.3, 0.4) is 0 Å². The van der Waals surface area contributed by atoms with E-state index >= 15 is 0 Å². The fraction of sp³-hybridized carbons (Fsp3) is 0.0769. The van der Waals surface area contributed by atoms with Crippen molar-refractivity contribution in [2.45, 2.75) is 19.3 Å². The predicted molar refractivity (Wildman–Crippen MR) is 223 cm³/mol. The topological polar surface area (TPSA) is 0 Å². The Morgan fingerprint density at radius 1 is 0.462 bits per heavy atom. The first-order chi connectivity index (χ1) is 25.6. The number of hydrogen-bond acceptors (Lipinski definition) is 0. The maximum atomic E-state index is 2.50. The molecule has 0 aliphatic heterocycles. The van der Waals surface area contributed by atoms with Crippen molar-refractivity contribution in [3.8, 4) is 33.4 Å². The minimum absolute atomic E-state index is 0.122. The highest BCUT2D eigenvalue weighted by Crippen LogP contribution is 2.56. The molecule has 0 aromatic heterocycles. The third-order valence-electron chi connectivity index (χ3n) is 12.0. The van der Waals surface area contributed by atoms with Crippen molar-refractivity contribution in [3.05, 3.63) is 198 Å². The summed E-state index contributed by atoms with van der Waals surface area (Å²) in [6, 6.07) is 52.5. The molecule has 0 nitrogen and oxygen atoms in total. The fourth-order valence-electron chi connectivity index (χ4n) is 9.71. The molecule has 3 aliphatic carbocycles. The number of fused-ring (bicyclic) bond motifs is 11. The Kier molecular flexibility index (Phi) is 6.17. The third kappa shape index (κ3) is 4.10. The summed E-state index contributed by atoms with van der Waals surface area (Å²) in [6.07, 6.45) is 13.5. The van der Waals surface area contributed by atoms with Gasteiger partial charge in [-0.2, -0.15) is 0 Å². The molecular weight excluding hydrogens is 625 g/mol. The summed E-state index contributed by atoms with van der Waals surface area (Å²) in [5.74, 6) is 0.386. The first-order valence-corrected chi connectivity index (χ1v) is 18.5. The normalized spacial score (nSPS) is 16.7. The van der Waals surface area contributed by atoms with Gasteiger partial charge in [0, 0.05) is 11.3 Å². The van der Waals surface area contributed by atoms with Gasteiger partial charge in [-0.15, -0.1) is 0 Å². The molecule has 3 aliphatic rings. The van der Waals surface area contributed by atoms with Gasteiger partial charge in [-0.3, -0.25) is 0 Å². The summed E-state index contributed by atoms with van der Waals surface area (Å²) in [4.78, 5) is 0. The molecule has 0 amide bonds. The first-order valence-electron chi connectivity index (χ1n) is 18.5. The number of rotatable bonds is 3. The second kappa shape index (κ2) is 10.9. The predicted octanol–water partition coefficient (Wildman–Crippen LogP) is 14.0. The molecule has 0 fully saturated rings. The lowest BCUT2D eigenvalue weighted by Gasteiger charge is -2.24. The number of hydrogen-bond donors (Lipinski definition) is 0. The maximum absolute atomic E-state index is 2.50. The zero-order chi connectivity index (χ0) is 34.6. The van der Waals surface area contributed by atoms with Gasteiger partial charge in [-0.1, -0.05) is 184 Å². The highest BCUT2D eigenvalue weighted by molar-refractivity contribution is 6.22. The zero-order valence-corrected chi connectivity index (χ0v) is 29.3. The second-order valence-electron chi connectivity index (χ2n) is 15.2. The van der Waals surface area contributed by atoms with Crippen LogP contribution in [0.15, 0.2) is 182 Å². The lowest BCUT2D eigenvalue weighted by molar-refractivity contribution is 0.666. The molecule has 8 aromatic carbocycles. The van der Waals surface area contributed by atoms with Crippen LogP contribution >= 0.6 is 0 Å². The molecule has 52 heavy (non-hydrogen) atoms. The highest BCUT2D eigenvalue weighted by Gasteiger charge is 2.38. The third-order valence-corrected chi connectivity index (χ3v) is 12.0. The van der Waals surface area contributed by atoms with Gasteiger partial charge in [-0.25, -0.2) is 0 Å². The fourth-order valence-corrected chi connectivity index (χ4v) is 9.71. The average molecular weight is 661 g/mol. The second-order valence-corrected chi connectivity index (χ2v) is 15.2. The minimum atomic E-state index is -0.122. The smallest absolute Gasteiger partial charge is 0.0211 e. The summed E-state index contributed by atoms with van der Waals surface area (Å²) < 4.78 is 0. The van der Waals surface area contributed by atoms with Gasteiger partial charge in [-0.05, 0) is 110 Å². The van der Waals surface area contributed by atoms with Gasteiger partial charge in [0.15, 0.2) is 0 Å². The Bertz CT molecular complexity index is 2900. The van der Waals surface area contributed by atoms with E-state index in [2.05, 4.69) is 190 Å². The lowest BCUT2D eigenvalue weighted by atomic mass is 9.79. The van der Waals surface area contributed by atoms with E-state index in [-0.39, 0.29) is 5.41 Å². The Morgan fingerprint density at radius 3 is 1.58 bits per heavy atom. The summed E-state index contributed by atoms with van der Waals surface area (Å²) in [5, 5.41) is 10.5. The highest BCUT2D eigenvalue weighted by atomic mass is 14.4. The van der Waals surface area contributed by atoms with Crippen LogP contribution in [0.5, 0.6) is 0 Å². The van der Waals surface area contributed by atoms with Crippen LogP contribution in [0.2, 0.25) is 0 Å². The van der Waals surface area contributed by atoms with Crippen molar-refractivity contribution in [1.82, 2.24) is 0 Å². The molecule has 0 heterocycles. The number of allylic oxidation sites excluding steroid dienone is 8. The van der Waals surface area contributed by atoms with E-state index < -0.39 is 0 Å². The summed E-state index contributed by atoms with van der Waals surface area (Å²) in [5.41, 5.74) is 14.5. The molecule has 0 heteroatoms. The summed E-state index contributed by atoms with van der Waals surface area (Å²) >= 11 is 0. The van der Waals surface area contributed by atoms with Crippen LogP contribution in [-0.2, 0) is 5.41 Å². The molecule has 1 unspecified atom stereocenters.